The Bertz CT molecular complexity index is 695. The fraction of sp³-hybridized carbons (Fsp3) is 0.500. The Hall–Kier alpha value is -1.71. The van der Waals surface area contributed by atoms with Crippen LogP contribution in [0.2, 0.25) is 0 Å². The standard InChI is InChI=1S/C14H20FN3O4S/c1-4-22-14(19)12-9(3)16-17-13(12)23(20,21)18-10-6-5-8(2)11(15)7-10/h5-7,9,12-13,16-18H,4H2,1-3H3. The van der Waals surface area contributed by atoms with Gasteiger partial charge in [0.1, 0.15) is 11.7 Å². The Morgan fingerprint density at radius 2 is 2.09 bits per heavy atom. The van der Waals surface area contributed by atoms with E-state index in [4.69, 9.17) is 4.74 Å². The number of carbonyl (C=O) groups is 1. The second kappa shape index (κ2) is 6.81. The van der Waals surface area contributed by atoms with Gasteiger partial charge >= 0.3 is 5.97 Å². The summed E-state index contributed by atoms with van der Waals surface area (Å²) in [6.07, 6.45) is 0. The minimum absolute atomic E-state index is 0.0945. The van der Waals surface area contributed by atoms with Gasteiger partial charge in [-0.15, -0.1) is 0 Å². The molecule has 0 radical (unpaired) electrons. The van der Waals surface area contributed by atoms with Crippen molar-refractivity contribution in [2.75, 3.05) is 11.3 Å². The van der Waals surface area contributed by atoms with Gasteiger partial charge in [0.05, 0.1) is 12.3 Å². The molecular weight excluding hydrogens is 325 g/mol. The van der Waals surface area contributed by atoms with Crippen LogP contribution in [0, 0.1) is 18.7 Å². The number of hydrazine groups is 1. The molecule has 0 spiro atoms. The Morgan fingerprint density at radius 3 is 2.70 bits per heavy atom. The normalized spacial score (nSPS) is 24.4. The topological polar surface area (TPSA) is 96.5 Å². The number of rotatable bonds is 5. The summed E-state index contributed by atoms with van der Waals surface area (Å²) < 4.78 is 45.8. The van der Waals surface area contributed by atoms with E-state index in [1.165, 1.54) is 12.1 Å². The third kappa shape index (κ3) is 3.80. The number of hydrogen-bond acceptors (Lipinski definition) is 6. The summed E-state index contributed by atoms with van der Waals surface area (Å²) in [6.45, 7) is 5.06. The van der Waals surface area contributed by atoms with Crippen LogP contribution in [0.25, 0.3) is 0 Å². The van der Waals surface area contributed by atoms with Crippen LogP contribution in [0.15, 0.2) is 18.2 Å². The molecule has 0 aliphatic carbocycles. The molecule has 3 atom stereocenters. The quantitative estimate of drug-likeness (QED) is 0.686. The molecular formula is C14H20FN3O4S. The molecule has 0 aromatic heterocycles. The van der Waals surface area contributed by atoms with Crippen LogP contribution in [0.3, 0.4) is 0 Å². The summed E-state index contributed by atoms with van der Waals surface area (Å²) in [5.41, 5.74) is 5.82. The molecule has 1 heterocycles. The van der Waals surface area contributed by atoms with Gasteiger partial charge in [0.2, 0.25) is 0 Å². The lowest BCUT2D eigenvalue weighted by Gasteiger charge is -2.20. The highest BCUT2D eigenvalue weighted by Crippen LogP contribution is 2.24. The molecule has 9 heteroatoms. The summed E-state index contributed by atoms with van der Waals surface area (Å²) in [6, 6.07) is 3.60. The van der Waals surface area contributed by atoms with E-state index in [0.29, 0.717) is 5.56 Å². The number of ether oxygens (including phenoxy) is 1. The van der Waals surface area contributed by atoms with E-state index in [2.05, 4.69) is 15.6 Å². The number of aryl methyl sites for hydroxylation is 1. The second-order valence-corrected chi connectivity index (χ2v) is 7.19. The van der Waals surface area contributed by atoms with Gasteiger partial charge < -0.3 is 4.74 Å². The first kappa shape index (κ1) is 17.6. The molecule has 1 aromatic rings. The minimum Gasteiger partial charge on any atom is -0.466 e. The molecule has 1 aliphatic rings. The van der Waals surface area contributed by atoms with Gasteiger partial charge in [-0.05, 0) is 38.5 Å². The van der Waals surface area contributed by atoms with Crippen molar-refractivity contribution < 1.29 is 22.3 Å². The molecule has 0 amide bonds. The van der Waals surface area contributed by atoms with Crippen molar-refractivity contribution in [1.82, 2.24) is 10.9 Å². The van der Waals surface area contributed by atoms with E-state index in [0.717, 1.165) is 6.07 Å². The third-order valence-electron chi connectivity index (χ3n) is 3.64. The monoisotopic (exact) mass is 345 g/mol. The molecule has 1 aromatic carbocycles. The number of halogens is 1. The van der Waals surface area contributed by atoms with Crippen LogP contribution in [-0.2, 0) is 19.6 Å². The molecule has 0 bridgehead atoms. The number of esters is 1. The maximum atomic E-state index is 13.6. The lowest BCUT2D eigenvalue weighted by molar-refractivity contribution is -0.148. The first-order valence-corrected chi connectivity index (χ1v) is 8.76. The van der Waals surface area contributed by atoms with Crippen LogP contribution in [0.1, 0.15) is 19.4 Å². The molecule has 2 rings (SSSR count). The van der Waals surface area contributed by atoms with E-state index < -0.39 is 39.1 Å². The van der Waals surface area contributed by atoms with Crippen molar-refractivity contribution in [2.45, 2.75) is 32.2 Å². The van der Waals surface area contributed by atoms with Crippen LogP contribution in [-0.4, -0.2) is 32.4 Å². The molecule has 128 valence electrons. The van der Waals surface area contributed by atoms with Crippen molar-refractivity contribution in [3.63, 3.8) is 0 Å². The maximum Gasteiger partial charge on any atom is 0.313 e. The number of carbonyl (C=O) groups excluding carboxylic acids is 1. The molecule has 3 unspecified atom stereocenters. The SMILES string of the molecule is CCOC(=O)C1C(C)NNC1S(=O)(=O)Nc1ccc(C)c(F)c1. The van der Waals surface area contributed by atoms with E-state index in [9.17, 15) is 17.6 Å². The highest BCUT2D eigenvalue weighted by molar-refractivity contribution is 7.93. The summed E-state index contributed by atoms with van der Waals surface area (Å²) in [5, 5.41) is -1.22. The number of nitrogens with one attached hydrogen (secondary N) is 3. The van der Waals surface area contributed by atoms with Gasteiger partial charge in [-0.1, -0.05) is 6.07 Å². The summed E-state index contributed by atoms with van der Waals surface area (Å²) in [7, 11) is -3.98. The smallest absolute Gasteiger partial charge is 0.313 e. The molecule has 1 fully saturated rings. The molecule has 3 N–H and O–H groups in total. The van der Waals surface area contributed by atoms with Crippen LogP contribution in [0.4, 0.5) is 10.1 Å². The average molecular weight is 345 g/mol. The Kier molecular flexibility index (Phi) is 5.23. The van der Waals surface area contributed by atoms with Gasteiger partial charge in [0, 0.05) is 6.04 Å². The molecule has 1 aliphatic heterocycles. The second-order valence-electron chi connectivity index (χ2n) is 5.39. The van der Waals surface area contributed by atoms with Crippen molar-refractivity contribution in [1.29, 1.82) is 0 Å². The summed E-state index contributed by atoms with van der Waals surface area (Å²) in [4.78, 5) is 12.0. The number of sulfonamides is 1. The van der Waals surface area contributed by atoms with Gasteiger partial charge in [-0.25, -0.2) is 18.2 Å². The Balaban J connectivity index is 2.23. The first-order valence-electron chi connectivity index (χ1n) is 7.21. The number of hydrogen-bond donors (Lipinski definition) is 3. The highest BCUT2D eigenvalue weighted by Gasteiger charge is 2.47. The number of anilines is 1. The van der Waals surface area contributed by atoms with Gasteiger partial charge in [-0.2, -0.15) is 0 Å². The fourth-order valence-electron chi connectivity index (χ4n) is 2.38. The molecule has 7 nitrogen and oxygen atoms in total. The molecule has 23 heavy (non-hydrogen) atoms. The van der Waals surface area contributed by atoms with Crippen molar-refractivity contribution in [3.05, 3.63) is 29.6 Å². The highest BCUT2D eigenvalue weighted by atomic mass is 32.2. The maximum absolute atomic E-state index is 13.6. The van der Waals surface area contributed by atoms with Crippen molar-refractivity contribution in [2.24, 2.45) is 5.92 Å². The van der Waals surface area contributed by atoms with E-state index in [-0.39, 0.29) is 12.3 Å². The first-order chi connectivity index (χ1) is 10.8. The summed E-state index contributed by atoms with van der Waals surface area (Å²) in [5.74, 6) is -2.04. The zero-order valence-electron chi connectivity index (χ0n) is 13.1. The minimum atomic E-state index is -3.98. The zero-order chi connectivity index (χ0) is 17.2. The van der Waals surface area contributed by atoms with Gasteiger partial charge in [-0.3, -0.25) is 14.9 Å². The van der Waals surface area contributed by atoms with Crippen molar-refractivity contribution >= 4 is 21.7 Å². The average Bonchev–Trinajstić information content (AvgIpc) is 2.85. The van der Waals surface area contributed by atoms with E-state index in [1.54, 1.807) is 20.8 Å². The third-order valence-corrected chi connectivity index (χ3v) is 5.24. The Labute approximate surface area is 134 Å². The van der Waals surface area contributed by atoms with E-state index in [1.807, 2.05) is 0 Å². The van der Waals surface area contributed by atoms with Crippen molar-refractivity contribution in [3.8, 4) is 0 Å². The Morgan fingerprint density at radius 1 is 1.39 bits per heavy atom. The van der Waals surface area contributed by atoms with Crippen LogP contribution in [0.5, 0.6) is 0 Å². The van der Waals surface area contributed by atoms with E-state index >= 15 is 0 Å². The lowest BCUT2D eigenvalue weighted by atomic mass is 10.0. The predicted molar refractivity (Wildman–Crippen MR) is 83.3 cm³/mol. The molecule has 1 saturated heterocycles. The fourth-order valence-corrected chi connectivity index (χ4v) is 3.91. The lowest BCUT2D eigenvalue weighted by Crippen LogP contribution is -2.44. The van der Waals surface area contributed by atoms with Gasteiger partial charge in [0.25, 0.3) is 10.0 Å². The largest absolute Gasteiger partial charge is 0.466 e. The molecule has 0 saturated carbocycles. The number of benzene rings is 1. The summed E-state index contributed by atoms with van der Waals surface area (Å²) >= 11 is 0. The van der Waals surface area contributed by atoms with Crippen LogP contribution < -0.4 is 15.6 Å². The predicted octanol–water partition coefficient (Wildman–Crippen LogP) is 0.878. The zero-order valence-corrected chi connectivity index (χ0v) is 13.9. The van der Waals surface area contributed by atoms with Crippen LogP contribution >= 0.6 is 0 Å². The van der Waals surface area contributed by atoms with Gasteiger partial charge in [0.15, 0.2) is 5.37 Å².